The summed E-state index contributed by atoms with van der Waals surface area (Å²) in [5, 5.41) is 0. The molecule has 2 rings (SSSR count). The molecule has 1 nitrogen and oxygen atoms in total. The Morgan fingerprint density at radius 3 is 2.29 bits per heavy atom. The first-order valence-electron chi connectivity index (χ1n) is 5.00. The van der Waals surface area contributed by atoms with Crippen molar-refractivity contribution in [2.75, 3.05) is 5.73 Å². The largest absolute Gasteiger partial charge is 0.399 e. The molecule has 0 unspecified atom stereocenters. The Hall–Kier alpha value is -1.97. The molecule has 0 aromatic heterocycles. The van der Waals surface area contributed by atoms with Gasteiger partial charge in [0.1, 0.15) is 0 Å². The first-order valence-corrected chi connectivity index (χ1v) is 5.00. The maximum atomic E-state index is 13.6. The van der Waals surface area contributed by atoms with E-state index < -0.39 is 17.5 Å². The molecule has 0 aliphatic heterocycles. The van der Waals surface area contributed by atoms with Gasteiger partial charge >= 0.3 is 0 Å². The summed E-state index contributed by atoms with van der Waals surface area (Å²) >= 11 is 0. The summed E-state index contributed by atoms with van der Waals surface area (Å²) in [4.78, 5) is 0. The smallest absolute Gasteiger partial charge is 0.195 e. The Morgan fingerprint density at radius 2 is 1.59 bits per heavy atom. The molecule has 0 bridgehead atoms. The van der Waals surface area contributed by atoms with Crippen LogP contribution in [0.1, 0.15) is 5.56 Å². The molecule has 0 amide bonds. The van der Waals surface area contributed by atoms with E-state index in [1.54, 1.807) is 19.1 Å². The Balaban J connectivity index is 2.69. The zero-order valence-corrected chi connectivity index (χ0v) is 9.10. The van der Waals surface area contributed by atoms with Crippen molar-refractivity contribution in [3.63, 3.8) is 0 Å². The lowest BCUT2D eigenvalue weighted by molar-refractivity contribution is 0.449. The van der Waals surface area contributed by atoms with Crippen molar-refractivity contribution in [1.29, 1.82) is 0 Å². The molecule has 0 saturated heterocycles. The van der Waals surface area contributed by atoms with Crippen molar-refractivity contribution in [2.45, 2.75) is 6.92 Å². The number of hydrogen-bond donors (Lipinski definition) is 1. The molecule has 0 aliphatic carbocycles. The second-order valence-electron chi connectivity index (χ2n) is 3.80. The van der Waals surface area contributed by atoms with Gasteiger partial charge in [0.05, 0.1) is 0 Å². The number of rotatable bonds is 1. The Kier molecular flexibility index (Phi) is 2.79. The zero-order chi connectivity index (χ0) is 12.6. The number of anilines is 1. The van der Waals surface area contributed by atoms with Crippen LogP contribution >= 0.6 is 0 Å². The average Bonchev–Trinajstić information content (AvgIpc) is 2.30. The highest BCUT2D eigenvalue weighted by molar-refractivity contribution is 5.71. The second-order valence-corrected chi connectivity index (χ2v) is 3.80. The van der Waals surface area contributed by atoms with Gasteiger partial charge in [-0.1, -0.05) is 6.07 Å². The van der Waals surface area contributed by atoms with Gasteiger partial charge in [-0.15, -0.1) is 0 Å². The van der Waals surface area contributed by atoms with Crippen LogP contribution in [0.2, 0.25) is 0 Å². The molecule has 17 heavy (non-hydrogen) atoms. The third kappa shape index (κ3) is 1.98. The van der Waals surface area contributed by atoms with E-state index in [2.05, 4.69) is 0 Å². The van der Waals surface area contributed by atoms with Gasteiger partial charge in [0.15, 0.2) is 17.5 Å². The Labute approximate surface area is 96.7 Å². The molecule has 0 saturated carbocycles. The van der Waals surface area contributed by atoms with Crippen LogP contribution in [-0.4, -0.2) is 0 Å². The molecule has 0 heterocycles. The van der Waals surface area contributed by atoms with Gasteiger partial charge in [-0.3, -0.25) is 0 Å². The van der Waals surface area contributed by atoms with Crippen molar-refractivity contribution in [3.8, 4) is 11.1 Å². The van der Waals surface area contributed by atoms with Crippen molar-refractivity contribution in [1.82, 2.24) is 0 Å². The summed E-state index contributed by atoms with van der Waals surface area (Å²) < 4.78 is 39.5. The van der Waals surface area contributed by atoms with E-state index in [0.717, 1.165) is 11.6 Å². The minimum atomic E-state index is -1.47. The van der Waals surface area contributed by atoms with Crippen LogP contribution in [0.3, 0.4) is 0 Å². The molecule has 0 fully saturated rings. The van der Waals surface area contributed by atoms with E-state index in [9.17, 15) is 13.2 Å². The molecular formula is C13H10F3N. The highest BCUT2D eigenvalue weighted by Crippen LogP contribution is 2.29. The third-order valence-electron chi connectivity index (χ3n) is 2.59. The van der Waals surface area contributed by atoms with E-state index in [4.69, 9.17) is 5.73 Å². The predicted octanol–water partition coefficient (Wildman–Crippen LogP) is 3.66. The van der Waals surface area contributed by atoms with Gasteiger partial charge in [-0.2, -0.15) is 0 Å². The quantitative estimate of drug-likeness (QED) is 0.594. The average molecular weight is 237 g/mol. The van der Waals surface area contributed by atoms with Crippen LogP contribution in [0.5, 0.6) is 0 Å². The van der Waals surface area contributed by atoms with Crippen LogP contribution in [0.15, 0.2) is 30.3 Å². The lowest BCUT2D eigenvalue weighted by Crippen LogP contribution is -1.96. The Morgan fingerprint density at radius 1 is 0.882 bits per heavy atom. The number of halogens is 3. The standard InChI is InChI=1S/C13H10F3N/c1-7-2-3-8(17)6-10(7)9-4-5-11(14)13(16)12(9)15/h2-6H,17H2,1H3. The van der Waals surface area contributed by atoms with Gasteiger partial charge in [-0.25, -0.2) is 13.2 Å². The van der Waals surface area contributed by atoms with E-state index >= 15 is 0 Å². The molecule has 2 N–H and O–H groups in total. The highest BCUT2D eigenvalue weighted by Gasteiger charge is 2.15. The van der Waals surface area contributed by atoms with Gasteiger partial charge < -0.3 is 5.73 Å². The van der Waals surface area contributed by atoms with E-state index in [-0.39, 0.29) is 5.56 Å². The summed E-state index contributed by atoms with van der Waals surface area (Å²) in [7, 11) is 0. The van der Waals surface area contributed by atoms with Crippen LogP contribution in [0.25, 0.3) is 11.1 Å². The lowest BCUT2D eigenvalue weighted by atomic mass is 9.99. The molecule has 88 valence electrons. The van der Waals surface area contributed by atoms with Crippen molar-refractivity contribution in [2.24, 2.45) is 0 Å². The lowest BCUT2D eigenvalue weighted by Gasteiger charge is -2.09. The summed E-state index contributed by atoms with van der Waals surface area (Å²) in [6.07, 6.45) is 0. The van der Waals surface area contributed by atoms with Gasteiger partial charge in [-0.05, 0) is 42.3 Å². The third-order valence-corrected chi connectivity index (χ3v) is 2.59. The highest BCUT2D eigenvalue weighted by atomic mass is 19.2. The predicted molar refractivity (Wildman–Crippen MR) is 60.9 cm³/mol. The number of nitrogen functional groups attached to an aromatic ring is 1. The topological polar surface area (TPSA) is 26.0 Å². The zero-order valence-electron chi connectivity index (χ0n) is 9.10. The number of hydrogen-bond acceptors (Lipinski definition) is 1. The van der Waals surface area contributed by atoms with Crippen LogP contribution in [0.4, 0.5) is 18.9 Å². The van der Waals surface area contributed by atoms with Crippen LogP contribution in [-0.2, 0) is 0 Å². The van der Waals surface area contributed by atoms with E-state index in [1.807, 2.05) is 0 Å². The fourth-order valence-corrected chi connectivity index (χ4v) is 1.66. The SMILES string of the molecule is Cc1ccc(N)cc1-c1ccc(F)c(F)c1F. The molecule has 2 aromatic rings. The monoisotopic (exact) mass is 237 g/mol. The van der Waals surface area contributed by atoms with Crippen molar-refractivity contribution >= 4 is 5.69 Å². The minimum Gasteiger partial charge on any atom is -0.399 e. The van der Waals surface area contributed by atoms with Crippen molar-refractivity contribution < 1.29 is 13.2 Å². The minimum absolute atomic E-state index is 0.00806. The number of nitrogens with two attached hydrogens (primary N) is 1. The summed E-state index contributed by atoms with van der Waals surface area (Å²) in [5.41, 5.74) is 7.24. The molecular weight excluding hydrogens is 227 g/mol. The van der Waals surface area contributed by atoms with Gasteiger partial charge in [0, 0.05) is 11.3 Å². The summed E-state index contributed by atoms with van der Waals surface area (Å²) in [5.74, 6) is -3.86. The molecule has 2 aromatic carbocycles. The fraction of sp³-hybridized carbons (Fsp3) is 0.0769. The summed E-state index contributed by atoms with van der Waals surface area (Å²) in [6.45, 7) is 1.75. The van der Waals surface area contributed by atoms with E-state index in [0.29, 0.717) is 11.3 Å². The van der Waals surface area contributed by atoms with Gasteiger partial charge in [0.2, 0.25) is 0 Å². The number of aryl methyl sites for hydroxylation is 1. The normalized spacial score (nSPS) is 10.6. The number of benzene rings is 2. The molecule has 0 aliphatic rings. The van der Waals surface area contributed by atoms with Gasteiger partial charge in [0.25, 0.3) is 0 Å². The molecule has 0 radical (unpaired) electrons. The fourth-order valence-electron chi connectivity index (χ4n) is 1.66. The van der Waals surface area contributed by atoms with E-state index in [1.165, 1.54) is 12.1 Å². The molecule has 0 spiro atoms. The molecule has 0 atom stereocenters. The first-order chi connectivity index (χ1) is 8.00. The molecule has 4 heteroatoms. The van der Waals surface area contributed by atoms with Crippen LogP contribution in [0, 0.1) is 24.4 Å². The van der Waals surface area contributed by atoms with Crippen LogP contribution < -0.4 is 5.73 Å². The summed E-state index contributed by atoms with van der Waals surface area (Å²) in [6, 6.07) is 7.00. The van der Waals surface area contributed by atoms with Crippen molar-refractivity contribution in [3.05, 3.63) is 53.3 Å². The first kappa shape index (κ1) is 11.5. The second kappa shape index (κ2) is 4.13. The Bertz CT molecular complexity index is 579. The maximum absolute atomic E-state index is 13.6. The maximum Gasteiger partial charge on any atom is 0.195 e.